The van der Waals surface area contributed by atoms with Gasteiger partial charge in [-0.3, -0.25) is 4.79 Å². The Morgan fingerprint density at radius 3 is 3.00 bits per heavy atom. The van der Waals surface area contributed by atoms with Gasteiger partial charge in [-0.05, 0) is 31.0 Å². The lowest BCUT2D eigenvalue weighted by atomic mass is 10.0. The van der Waals surface area contributed by atoms with Crippen LogP contribution in [-0.4, -0.2) is 23.5 Å². The van der Waals surface area contributed by atoms with E-state index >= 15 is 0 Å². The van der Waals surface area contributed by atoms with E-state index in [1.807, 2.05) is 31.2 Å². The topological polar surface area (TPSA) is 54.1 Å². The van der Waals surface area contributed by atoms with Gasteiger partial charge >= 0.3 is 0 Å². The normalized spacial score (nSPS) is 17.4. The van der Waals surface area contributed by atoms with Crippen LogP contribution in [0.25, 0.3) is 0 Å². The number of carbonyl (C=O) groups is 1. The number of amides is 1. The lowest BCUT2D eigenvalue weighted by Crippen LogP contribution is -2.42. The van der Waals surface area contributed by atoms with Gasteiger partial charge in [0.2, 0.25) is 0 Å². The highest BCUT2D eigenvalue weighted by atomic mass is 16.5. The first kappa shape index (κ1) is 11.8. The monoisotopic (exact) mass is 256 g/mol. The van der Waals surface area contributed by atoms with Crippen LogP contribution in [0.1, 0.15) is 21.6 Å². The maximum atomic E-state index is 12.1. The van der Waals surface area contributed by atoms with E-state index in [4.69, 9.17) is 4.74 Å². The zero-order valence-corrected chi connectivity index (χ0v) is 10.8. The molecule has 1 aromatic heterocycles. The molecule has 98 valence electrons. The number of hydrogen-bond donors (Lipinski definition) is 2. The van der Waals surface area contributed by atoms with Crippen molar-refractivity contribution in [1.82, 2.24) is 10.3 Å². The second kappa shape index (κ2) is 4.80. The largest absolute Gasteiger partial charge is 0.491 e. The summed E-state index contributed by atoms with van der Waals surface area (Å²) in [5, 5.41) is 3.02. The Labute approximate surface area is 111 Å². The Kier molecular flexibility index (Phi) is 2.99. The smallest absolute Gasteiger partial charge is 0.253 e. The van der Waals surface area contributed by atoms with Crippen molar-refractivity contribution in [2.24, 2.45) is 0 Å². The van der Waals surface area contributed by atoms with Gasteiger partial charge < -0.3 is 15.0 Å². The minimum atomic E-state index is -0.0493. The second-order valence-corrected chi connectivity index (χ2v) is 4.81. The highest BCUT2D eigenvalue weighted by molar-refractivity contribution is 5.95. The van der Waals surface area contributed by atoms with E-state index in [-0.39, 0.29) is 11.9 Å². The summed E-state index contributed by atoms with van der Waals surface area (Å²) in [5.41, 5.74) is 2.72. The first-order chi connectivity index (χ1) is 9.24. The molecule has 1 aliphatic rings. The first-order valence-electron chi connectivity index (χ1n) is 6.39. The summed E-state index contributed by atoms with van der Waals surface area (Å²) in [5.74, 6) is 0.873. The van der Waals surface area contributed by atoms with Crippen LogP contribution in [-0.2, 0) is 6.42 Å². The van der Waals surface area contributed by atoms with Crippen LogP contribution in [0.5, 0.6) is 5.75 Å². The maximum Gasteiger partial charge on any atom is 0.253 e. The molecule has 0 unspecified atom stereocenters. The van der Waals surface area contributed by atoms with Gasteiger partial charge in [0.15, 0.2) is 0 Å². The summed E-state index contributed by atoms with van der Waals surface area (Å²) < 4.78 is 5.66. The summed E-state index contributed by atoms with van der Waals surface area (Å²) in [7, 11) is 0. The minimum Gasteiger partial charge on any atom is -0.491 e. The molecule has 0 fully saturated rings. The van der Waals surface area contributed by atoms with Crippen LogP contribution < -0.4 is 10.1 Å². The summed E-state index contributed by atoms with van der Waals surface area (Å²) in [4.78, 5) is 15.1. The molecule has 2 aromatic rings. The van der Waals surface area contributed by atoms with Crippen molar-refractivity contribution in [2.75, 3.05) is 6.61 Å². The third-order valence-corrected chi connectivity index (χ3v) is 3.41. The van der Waals surface area contributed by atoms with E-state index in [0.717, 1.165) is 23.4 Å². The van der Waals surface area contributed by atoms with E-state index in [1.165, 1.54) is 0 Å². The van der Waals surface area contributed by atoms with Crippen molar-refractivity contribution in [3.05, 3.63) is 53.3 Å². The number of aromatic amines is 1. The third kappa shape index (κ3) is 2.34. The van der Waals surface area contributed by atoms with Gasteiger partial charge in [-0.15, -0.1) is 0 Å². The maximum absolute atomic E-state index is 12.1. The highest BCUT2D eigenvalue weighted by Gasteiger charge is 2.22. The number of aromatic nitrogens is 1. The number of hydrogen-bond acceptors (Lipinski definition) is 2. The second-order valence-electron chi connectivity index (χ2n) is 4.81. The van der Waals surface area contributed by atoms with Gasteiger partial charge in [-0.25, -0.2) is 0 Å². The fourth-order valence-corrected chi connectivity index (χ4v) is 2.38. The Hall–Kier alpha value is -2.23. The molecule has 0 spiro atoms. The third-order valence-electron chi connectivity index (χ3n) is 3.41. The fraction of sp³-hybridized carbons (Fsp3) is 0.267. The summed E-state index contributed by atoms with van der Waals surface area (Å²) in [6.45, 7) is 2.41. The molecule has 19 heavy (non-hydrogen) atoms. The molecule has 1 aromatic carbocycles. The summed E-state index contributed by atoms with van der Waals surface area (Å²) in [6.07, 6.45) is 2.59. The van der Waals surface area contributed by atoms with E-state index < -0.39 is 0 Å². The molecule has 3 rings (SSSR count). The molecule has 0 radical (unpaired) electrons. The molecule has 4 nitrogen and oxygen atoms in total. The fourth-order valence-electron chi connectivity index (χ4n) is 2.38. The van der Waals surface area contributed by atoms with Gasteiger partial charge in [0, 0.05) is 11.9 Å². The van der Waals surface area contributed by atoms with E-state index in [2.05, 4.69) is 10.3 Å². The predicted molar refractivity (Wildman–Crippen MR) is 72.4 cm³/mol. The Bertz CT molecular complexity index is 604. The average molecular weight is 256 g/mol. The first-order valence-corrected chi connectivity index (χ1v) is 6.39. The minimum absolute atomic E-state index is 0.0247. The van der Waals surface area contributed by atoms with E-state index in [0.29, 0.717) is 12.2 Å². The number of rotatable bonds is 2. The number of para-hydroxylation sites is 1. The lowest BCUT2D eigenvalue weighted by Gasteiger charge is -2.26. The van der Waals surface area contributed by atoms with Gasteiger partial charge in [0.05, 0.1) is 11.6 Å². The molecule has 1 aliphatic heterocycles. The van der Waals surface area contributed by atoms with Crippen LogP contribution in [0.2, 0.25) is 0 Å². The number of aryl methyl sites for hydroxylation is 1. The molecule has 1 amide bonds. The van der Waals surface area contributed by atoms with E-state index in [9.17, 15) is 4.79 Å². The van der Waals surface area contributed by atoms with Gasteiger partial charge in [0.1, 0.15) is 12.4 Å². The number of nitrogens with one attached hydrogen (secondary N) is 2. The zero-order valence-electron chi connectivity index (χ0n) is 10.8. The van der Waals surface area contributed by atoms with Crippen LogP contribution in [0.4, 0.5) is 0 Å². The van der Waals surface area contributed by atoms with Crippen molar-refractivity contribution in [2.45, 2.75) is 19.4 Å². The quantitative estimate of drug-likeness (QED) is 0.864. The Balaban J connectivity index is 1.70. The number of benzene rings is 1. The van der Waals surface area contributed by atoms with Gasteiger partial charge in [0.25, 0.3) is 5.91 Å². The molecule has 2 heterocycles. The lowest BCUT2D eigenvalue weighted by molar-refractivity contribution is 0.0915. The number of fused-ring (bicyclic) bond motifs is 1. The molecule has 1 atom stereocenters. The molecular weight excluding hydrogens is 240 g/mol. The number of H-pyrrole nitrogens is 1. The Morgan fingerprint density at radius 1 is 1.37 bits per heavy atom. The van der Waals surface area contributed by atoms with Gasteiger partial charge in [-0.2, -0.15) is 0 Å². The molecule has 0 aliphatic carbocycles. The van der Waals surface area contributed by atoms with Crippen LogP contribution in [0, 0.1) is 6.92 Å². The number of carbonyl (C=O) groups excluding carboxylic acids is 1. The summed E-state index contributed by atoms with van der Waals surface area (Å²) >= 11 is 0. The van der Waals surface area contributed by atoms with Crippen LogP contribution in [0.3, 0.4) is 0 Å². The molecule has 0 saturated carbocycles. The molecule has 4 heteroatoms. The van der Waals surface area contributed by atoms with Crippen LogP contribution in [0.15, 0.2) is 36.5 Å². The zero-order chi connectivity index (χ0) is 13.2. The molecule has 0 saturated heterocycles. The molecule has 2 N–H and O–H groups in total. The van der Waals surface area contributed by atoms with Crippen LogP contribution >= 0.6 is 0 Å². The molecular formula is C15H16N2O2. The number of ether oxygens (including phenoxy) is 1. The SMILES string of the molecule is Cc1[nH]ccc1C(=O)N[C@H]1COc2ccccc2C1. The van der Waals surface area contributed by atoms with Crippen molar-refractivity contribution in [3.63, 3.8) is 0 Å². The van der Waals surface area contributed by atoms with Crippen molar-refractivity contribution in [3.8, 4) is 5.75 Å². The van der Waals surface area contributed by atoms with Gasteiger partial charge in [-0.1, -0.05) is 18.2 Å². The molecule has 0 bridgehead atoms. The van der Waals surface area contributed by atoms with Crippen molar-refractivity contribution >= 4 is 5.91 Å². The predicted octanol–water partition coefficient (Wildman–Crippen LogP) is 2.06. The summed E-state index contributed by atoms with van der Waals surface area (Å²) in [6, 6.07) is 9.77. The Morgan fingerprint density at radius 2 is 2.21 bits per heavy atom. The van der Waals surface area contributed by atoms with Crippen molar-refractivity contribution < 1.29 is 9.53 Å². The highest BCUT2D eigenvalue weighted by Crippen LogP contribution is 2.24. The van der Waals surface area contributed by atoms with Crippen molar-refractivity contribution in [1.29, 1.82) is 0 Å². The standard InChI is InChI=1S/C15H16N2O2/c1-10-13(6-7-16-10)15(18)17-12-8-11-4-2-3-5-14(11)19-9-12/h2-7,12,16H,8-9H2,1H3,(H,17,18)/t12-/m1/s1. The van der Waals surface area contributed by atoms with E-state index in [1.54, 1.807) is 12.3 Å². The average Bonchev–Trinajstić information content (AvgIpc) is 2.85.